The number of carbonyl (C=O) groups is 1. The minimum absolute atomic E-state index is 0.0794. The quantitative estimate of drug-likeness (QED) is 0.411. The van der Waals surface area contributed by atoms with Crippen LogP contribution in [0.2, 0.25) is 0 Å². The standard InChI is InChI=1S/C17H15F3O5S/c1-12-9-13(24-8-4-7-21)11-14(10-12)25-26(22,23)16-6-3-2-5-15(16)17(18,19)20/h2-3,5-7,9-11H,4,8H2,1H3. The van der Waals surface area contributed by atoms with Crippen molar-refractivity contribution in [3.63, 3.8) is 0 Å². The Bertz CT molecular complexity index is 892. The molecule has 26 heavy (non-hydrogen) atoms. The zero-order chi connectivity index (χ0) is 19.4. The molecular formula is C17H15F3O5S. The Labute approximate surface area is 148 Å². The number of hydrogen-bond donors (Lipinski definition) is 0. The molecule has 0 aliphatic carbocycles. The van der Waals surface area contributed by atoms with Gasteiger partial charge >= 0.3 is 16.3 Å². The number of ether oxygens (including phenoxy) is 1. The lowest BCUT2D eigenvalue weighted by Gasteiger charge is -2.14. The lowest BCUT2D eigenvalue weighted by Crippen LogP contribution is -2.17. The van der Waals surface area contributed by atoms with Crippen molar-refractivity contribution in [2.45, 2.75) is 24.4 Å². The molecule has 2 rings (SSSR count). The topological polar surface area (TPSA) is 69.7 Å². The van der Waals surface area contributed by atoms with Gasteiger partial charge in [-0.05, 0) is 36.8 Å². The summed E-state index contributed by atoms with van der Waals surface area (Å²) in [5, 5.41) is 0. The third-order valence-corrected chi connectivity index (χ3v) is 4.50. The van der Waals surface area contributed by atoms with E-state index in [-0.39, 0.29) is 24.5 Å². The van der Waals surface area contributed by atoms with Crippen LogP contribution in [0.4, 0.5) is 13.2 Å². The van der Waals surface area contributed by atoms with E-state index in [0.29, 0.717) is 17.9 Å². The van der Waals surface area contributed by atoms with Gasteiger partial charge in [0.15, 0.2) is 0 Å². The summed E-state index contributed by atoms with van der Waals surface area (Å²) in [5.74, 6) is 0.0456. The van der Waals surface area contributed by atoms with Crippen molar-refractivity contribution in [3.8, 4) is 11.5 Å². The Kier molecular flexibility index (Phi) is 5.91. The average Bonchev–Trinajstić information content (AvgIpc) is 2.53. The monoisotopic (exact) mass is 388 g/mol. The Morgan fingerprint density at radius 3 is 2.38 bits per heavy atom. The maximum atomic E-state index is 13.1. The molecule has 9 heteroatoms. The van der Waals surface area contributed by atoms with Gasteiger partial charge in [-0.1, -0.05) is 12.1 Å². The highest BCUT2D eigenvalue weighted by molar-refractivity contribution is 7.87. The minimum atomic E-state index is -4.84. The van der Waals surface area contributed by atoms with Crippen LogP contribution in [0.15, 0.2) is 47.4 Å². The fraction of sp³-hybridized carbons (Fsp3) is 0.235. The first-order chi connectivity index (χ1) is 12.1. The predicted molar refractivity (Wildman–Crippen MR) is 86.6 cm³/mol. The summed E-state index contributed by atoms with van der Waals surface area (Å²) in [4.78, 5) is 9.34. The largest absolute Gasteiger partial charge is 0.493 e. The number of aryl methyl sites for hydroxylation is 1. The van der Waals surface area contributed by atoms with E-state index in [4.69, 9.17) is 8.92 Å². The summed E-state index contributed by atoms with van der Waals surface area (Å²) in [6, 6.07) is 7.92. The normalized spacial score (nSPS) is 11.8. The third-order valence-electron chi connectivity index (χ3n) is 3.20. The number of carbonyl (C=O) groups excluding carboxylic acids is 1. The molecule has 0 atom stereocenters. The summed E-state index contributed by atoms with van der Waals surface area (Å²) < 4.78 is 74.0. The fourth-order valence-corrected chi connectivity index (χ4v) is 3.30. The first kappa shape index (κ1) is 19.8. The number of benzene rings is 2. The van der Waals surface area contributed by atoms with E-state index in [1.54, 1.807) is 13.0 Å². The Hall–Kier alpha value is -2.55. The zero-order valence-electron chi connectivity index (χ0n) is 13.6. The van der Waals surface area contributed by atoms with Crippen molar-refractivity contribution >= 4 is 16.4 Å². The van der Waals surface area contributed by atoms with E-state index in [1.807, 2.05) is 0 Å². The van der Waals surface area contributed by atoms with Crippen molar-refractivity contribution in [1.29, 1.82) is 0 Å². The first-order valence-electron chi connectivity index (χ1n) is 7.42. The van der Waals surface area contributed by atoms with Gasteiger partial charge in [0.05, 0.1) is 12.2 Å². The van der Waals surface area contributed by atoms with Gasteiger partial charge < -0.3 is 13.7 Å². The molecule has 0 N–H and O–H groups in total. The van der Waals surface area contributed by atoms with Crippen LogP contribution in [0.5, 0.6) is 11.5 Å². The molecule has 0 radical (unpaired) electrons. The second kappa shape index (κ2) is 7.77. The molecule has 0 heterocycles. The van der Waals surface area contributed by atoms with E-state index in [1.165, 1.54) is 18.2 Å². The number of halogens is 3. The fourth-order valence-electron chi connectivity index (χ4n) is 2.16. The molecular weight excluding hydrogens is 373 g/mol. The summed E-state index contributed by atoms with van der Waals surface area (Å²) in [6.45, 7) is 1.71. The Morgan fingerprint density at radius 1 is 1.08 bits per heavy atom. The van der Waals surface area contributed by atoms with E-state index in [0.717, 1.165) is 12.1 Å². The molecule has 0 unspecified atom stereocenters. The highest BCUT2D eigenvalue weighted by Crippen LogP contribution is 2.35. The first-order valence-corrected chi connectivity index (χ1v) is 8.83. The maximum Gasteiger partial charge on any atom is 0.417 e. The maximum absolute atomic E-state index is 13.1. The second-order valence-electron chi connectivity index (χ2n) is 5.32. The van der Waals surface area contributed by atoms with E-state index >= 15 is 0 Å². The molecule has 0 saturated heterocycles. The molecule has 0 aliphatic heterocycles. The highest BCUT2D eigenvalue weighted by atomic mass is 32.2. The SMILES string of the molecule is Cc1cc(OCCC=O)cc(OS(=O)(=O)c2ccccc2C(F)(F)F)c1. The van der Waals surface area contributed by atoms with E-state index in [9.17, 15) is 26.4 Å². The molecule has 0 spiro atoms. The smallest absolute Gasteiger partial charge is 0.417 e. The molecule has 0 saturated carbocycles. The van der Waals surface area contributed by atoms with E-state index < -0.39 is 26.8 Å². The summed E-state index contributed by atoms with van der Waals surface area (Å²) in [6.07, 6.45) is -4.05. The van der Waals surface area contributed by atoms with Crippen molar-refractivity contribution in [3.05, 3.63) is 53.6 Å². The molecule has 0 bridgehead atoms. The van der Waals surface area contributed by atoms with Crippen LogP contribution in [0.1, 0.15) is 17.5 Å². The summed E-state index contributed by atoms with van der Waals surface area (Å²) in [5.41, 5.74) is -0.738. The molecule has 0 aromatic heterocycles. The van der Waals surface area contributed by atoms with Crippen LogP contribution in [0.3, 0.4) is 0 Å². The number of alkyl halides is 3. The van der Waals surface area contributed by atoms with Crippen LogP contribution in [0.25, 0.3) is 0 Å². The van der Waals surface area contributed by atoms with Crippen LogP contribution in [-0.4, -0.2) is 21.3 Å². The van der Waals surface area contributed by atoms with Gasteiger partial charge in [-0.25, -0.2) is 0 Å². The number of aldehydes is 1. The lowest BCUT2D eigenvalue weighted by atomic mass is 10.2. The van der Waals surface area contributed by atoms with Gasteiger partial charge in [0, 0.05) is 12.5 Å². The van der Waals surface area contributed by atoms with Crippen molar-refractivity contribution in [1.82, 2.24) is 0 Å². The molecule has 0 aliphatic rings. The minimum Gasteiger partial charge on any atom is -0.493 e. The van der Waals surface area contributed by atoms with Crippen LogP contribution >= 0.6 is 0 Å². The van der Waals surface area contributed by atoms with Gasteiger partial charge in [0.2, 0.25) is 0 Å². The van der Waals surface area contributed by atoms with Crippen molar-refractivity contribution in [2.24, 2.45) is 0 Å². The molecule has 140 valence electrons. The van der Waals surface area contributed by atoms with Gasteiger partial charge in [-0.15, -0.1) is 0 Å². The molecule has 2 aromatic carbocycles. The zero-order valence-corrected chi connectivity index (χ0v) is 14.4. The molecule has 2 aromatic rings. The van der Waals surface area contributed by atoms with Crippen LogP contribution in [0, 0.1) is 6.92 Å². The molecule has 5 nitrogen and oxygen atoms in total. The van der Waals surface area contributed by atoms with E-state index in [2.05, 4.69) is 0 Å². The second-order valence-corrected chi connectivity index (χ2v) is 6.83. The third kappa shape index (κ3) is 4.98. The van der Waals surface area contributed by atoms with Gasteiger partial charge in [0.25, 0.3) is 0 Å². The highest BCUT2D eigenvalue weighted by Gasteiger charge is 2.37. The van der Waals surface area contributed by atoms with Crippen LogP contribution in [-0.2, 0) is 21.1 Å². The molecule has 0 fully saturated rings. The number of hydrogen-bond acceptors (Lipinski definition) is 5. The van der Waals surface area contributed by atoms with Gasteiger partial charge in [-0.2, -0.15) is 21.6 Å². The Balaban J connectivity index is 2.35. The van der Waals surface area contributed by atoms with Gasteiger partial charge in [-0.3, -0.25) is 0 Å². The molecule has 0 amide bonds. The number of rotatable bonds is 7. The Morgan fingerprint density at radius 2 is 1.73 bits per heavy atom. The average molecular weight is 388 g/mol. The van der Waals surface area contributed by atoms with Gasteiger partial charge in [0.1, 0.15) is 22.7 Å². The van der Waals surface area contributed by atoms with Crippen molar-refractivity contribution in [2.75, 3.05) is 6.61 Å². The predicted octanol–water partition coefficient (Wildman–Crippen LogP) is 3.75. The van der Waals surface area contributed by atoms with Crippen molar-refractivity contribution < 1.29 is 35.3 Å². The van der Waals surface area contributed by atoms with Crippen LogP contribution < -0.4 is 8.92 Å². The lowest BCUT2D eigenvalue weighted by molar-refractivity contribution is -0.140. The summed E-state index contributed by atoms with van der Waals surface area (Å²) in [7, 11) is -4.72. The summed E-state index contributed by atoms with van der Waals surface area (Å²) >= 11 is 0.